The molecule has 3 atom stereocenters. The number of aromatic hydroxyl groups is 1. The Morgan fingerprint density at radius 1 is 1.08 bits per heavy atom. The van der Waals surface area contributed by atoms with Crippen LogP contribution in [0.1, 0.15) is 98.6 Å². The summed E-state index contributed by atoms with van der Waals surface area (Å²) in [7, 11) is 0. The maximum atomic E-state index is 14.1. The fourth-order valence-electron chi connectivity index (χ4n) is 4.62. The minimum absolute atomic E-state index is 0.0361. The van der Waals surface area contributed by atoms with Crippen LogP contribution in [0.15, 0.2) is 24.3 Å². The van der Waals surface area contributed by atoms with E-state index in [2.05, 4.69) is 10.6 Å². The van der Waals surface area contributed by atoms with E-state index in [-0.39, 0.29) is 29.7 Å². The molecule has 0 heterocycles. The fraction of sp³-hybridized carbons (Fsp3) is 0.679. The van der Waals surface area contributed by atoms with E-state index in [1.165, 1.54) is 11.0 Å². The molecule has 1 aliphatic rings. The van der Waals surface area contributed by atoms with Crippen molar-refractivity contribution in [2.75, 3.05) is 0 Å². The van der Waals surface area contributed by atoms with Crippen LogP contribution in [0.2, 0.25) is 0 Å². The number of nitrogens with one attached hydrogen (secondary N) is 2. The number of nitrogens with zero attached hydrogens (tertiary/aromatic N) is 1. The van der Waals surface area contributed by atoms with Gasteiger partial charge in [0.25, 0.3) is 0 Å². The first-order valence-electron chi connectivity index (χ1n) is 13.3. The van der Waals surface area contributed by atoms with Crippen molar-refractivity contribution in [3.63, 3.8) is 0 Å². The minimum atomic E-state index is -1.05. The summed E-state index contributed by atoms with van der Waals surface area (Å²) < 4.78 is 5.43. The van der Waals surface area contributed by atoms with Gasteiger partial charge in [0.2, 0.25) is 11.8 Å². The summed E-state index contributed by atoms with van der Waals surface area (Å²) in [6.45, 7) is 12.8. The lowest BCUT2D eigenvalue weighted by Crippen LogP contribution is -2.57. The number of carbonyl (C=O) groups is 3. The van der Waals surface area contributed by atoms with Gasteiger partial charge in [-0.15, -0.1) is 0 Å². The summed E-state index contributed by atoms with van der Waals surface area (Å²) in [5.41, 5.74) is -0.364. The predicted molar refractivity (Wildman–Crippen MR) is 140 cm³/mol. The van der Waals surface area contributed by atoms with Crippen LogP contribution in [-0.2, 0) is 14.3 Å². The van der Waals surface area contributed by atoms with Crippen LogP contribution in [0.25, 0.3) is 0 Å². The normalized spacial score (nSPS) is 17.1. The quantitative estimate of drug-likeness (QED) is 0.437. The number of amides is 3. The first kappa shape index (κ1) is 29.5. The smallest absolute Gasteiger partial charge is 0.408 e. The van der Waals surface area contributed by atoms with E-state index >= 15 is 0 Å². The monoisotopic (exact) mass is 503 g/mol. The summed E-state index contributed by atoms with van der Waals surface area (Å²) in [6, 6.07) is 4.32. The Hall–Kier alpha value is -2.77. The number of phenols is 1. The van der Waals surface area contributed by atoms with Crippen molar-refractivity contribution >= 4 is 17.9 Å². The second kappa shape index (κ2) is 13.0. The molecular weight excluding hydrogens is 458 g/mol. The molecule has 3 N–H and O–H groups in total. The summed E-state index contributed by atoms with van der Waals surface area (Å²) in [6.07, 6.45) is 4.99. The third-order valence-electron chi connectivity index (χ3n) is 6.67. The summed E-state index contributed by atoms with van der Waals surface area (Å²) >= 11 is 0. The second-order valence-corrected chi connectivity index (χ2v) is 11.2. The van der Waals surface area contributed by atoms with Crippen molar-refractivity contribution in [2.45, 2.75) is 117 Å². The van der Waals surface area contributed by atoms with Crippen molar-refractivity contribution in [1.82, 2.24) is 15.5 Å². The Labute approximate surface area is 216 Å². The number of benzene rings is 1. The summed E-state index contributed by atoms with van der Waals surface area (Å²) in [5, 5.41) is 16.6. The van der Waals surface area contributed by atoms with E-state index in [0.29, 0.717) is 12.0 Å². The van der Waals surface area contributed by atoms with Gasteiger partial charge in [0.1, 0.15) is 23.4 Å². The van der Waals surface area contributed by atoms with Crippen LogP contribution in [-0.4, -0.2) is 51.6 Å². The SMILES string of the molecule is CCC(C)C(NC(=O)OC(C)(C)C)C(=O)N(C(C)C)C(C(=O)NC1CCCCC1)c1ccccc1O. The Bertz CT molecular complexity index is 889. The number of alkyl carbamates (subject to hydrolysis) is 1. The van der Waals surface area contributed by atoms with Crippen LogP contribution in [0, 0.1) is 5.92 Å². The highest BCUT2D eigenvalue weighted by atomic mass is 16.6. The van der Waals surface area contributed by atoms with Gasteiger partial charge in [0, 0.05) is 17.6 Å². The van der Waals surface area contributed by atoms with Crippen LogP contribution < -0.4 is 10.6 Å². The molecule has 1 fully saturated rings. The van der Waals surface area contributed by atoms with Gasteiger partial charge >= 0.3 is 6.09 Å². The molecule has 0 spiro atoms. The fourth-order valence-corrected chi connectivity index (χ4v) is 4.62. The molecule has 0 radical (unpaired) electrons. The van der Waals surface area contributed by atoms with E-state index < -0.39 is 29.7 Å². The van der Waals surface area contributed by atoms with Gasteiger partial charge in [-0.1, -0.05) is 57.7 Å². The molecule has 3 amide bonds. The molecule has 202 valence electrons. The summed E-state index contributed by atoms with van der Waals surface area (Å²) in [5.74, 6) is -0.986. The molecule has 0 bridgehead atoms. The zero-order chi connectivity index (χ0) is 27.0. The van der Waals surface area contributed by atoms with Gasteiger partial charge in [-0.2, -0.15) is 0 Å². The molecule has 8 heteroatoms. The molecule has 1 aliphatic carbocycles. The Morgan fingerprint density at radius 3 is 2.22 bits per heavy atom. The van der Waals surface area contributed by atoms with Crippen molar-refractivity contribution in [3.05, 3.63) is 29.8 Å². The molecule has 0 aliphatic heterocycles. The number of para-hydroxylation sites is 1. The number of carbonyl (C=O) groups excluding carboxylic acids is 3. The maximum absolute atomic E-state index is 14.1. The van der Waals surface area contributed by atoms with Gasteiger partial charge in [-0.05, 0) is 59.4 Å². The van der Waals surface area contributed by atoms with Gasteiger partial charge in [-0.3, -0.25) is 9.59 Å². The minimum Gasteiger partial charge on any atom is -0.508 e. The number of hydrogen-bond acceptors (Lipinski definition) is 5. The van der Waals surface area contributed by atoms with Gasteiger partial charge in [0.15, 0.2) is 0 Å². The van der Waals surface area contributed by atoms with Crippen LogP contribution in [0.4, 0.5) is 4.79 Å². The van der Waals surface area contributed by atoms with Crippen LogP contribution >= 0.6 is 0 Å². The maximum Gasteiger partial charge on any atom is 0.408 e. The third kappa shape index (κ3) is 8.14. The third-order valence-corrected chi connectivity index (χ3v) is 6.67. The molecule has 0 aromatic heterocycles. The number of hydrogen-bond donors (Lipinski definition) is 3. The number of ether oxygens (including phenoxy) is 1. The highest BCUT2D eigenvalue weighted by Gasteiger charge is 2.40. The van der Waals surface area contributed by atoms with Gasteiger partial charge in [-0.25, -0.2) is 4.79 Å². The molecule has 36 heavy (non-hydrogen) atoms. The molecular formula is C28H45N3O5. The van der Waals surface area contributed by atoms with Crippen LogP contribution in [0.5, 0.6) is 5.75 Å². The lowest BCUT2D eigenvalue weighted by atomic mass is 9.93. The zero-order valence-electron chi connectivity index (χ0n) is 23.0. The lowest BCUT2D eigenvalue weighted by molar-refractivity contribution is -0.146. The molecule has 8 nitrogen and oxygen atoms in total. The number of phenolic OH excluding ortho intramolecular Hbond substituents is 1. The van der Waals surface area contributed by atoms with Crippen LogP contribution in [0.3, 0.4) is 0 Å². The van der Waals surface area contributed by atoms with Gasteiger partial charge < -0.3 is 25.4 Å². The standard InChI is InChI=1S/C28H45N3O5/c1-8-19(4)23(30-27(35)36-28(5,6)7)26(34)31(18(2)3)24(21-16-12-13-17-22(21)32)25(33)29-20-14-10-9-11-15-20/h12-13,16-20,23-24,32H,8-11,14-15H2,1-7H3,(H,29,33)(H,30,35). The van der Waals surface area contributed by atoms with E-state index in [4.69, 9.17) is 4.74 Å². The van der Waals surface area contributed by atoms with E-state index in [0.717, 1.165) is 32.1 Å². The summed E-state index contributed by atoms with van der Waals surface area (Å²) in [4.78, 5) is 42.0. The van der Waals surface area contributed by atoms with E-state index in [1.54, 1.807) is 39.0 Å². The van der Waals surface area contributed by atoms with E-state index in [1.807, 2.05) is 27.7 Å². The molecule has 3 unspecified atom stereocenters. The largest absolute Gasteiger partial charge is 0.508 e. The molecule has 1 aromatic rings. The van der Waals surface area contributed by atoms with Crippen molar-refractivity contribution in [1.29, 1.82) is 0 Å². The predicted octanol–water partition coefficient (Wildman–Crippen LogP) is 5.06. The highest BCUT2D eigenvalue weighted by Crippen LogP contribution is 2.32. The molecule has 1 saturated carbocycles. The second-order valence-electron chi connectivity index (χ2n) is 11.2. The van der Waals surface area contributed by atoms with Crippen molar-refractivity contribution < 1.29 is 24.2 Å². The first-order chi connectivity index (χ1) is 16.9. The van der Waals surface area contributed by atoms with Crippen molar-refractivity contribution in [3.8, 4) is 5.75 Å². The molecule has 1 aromatic carbocycles. The Kier molecular flexibility index (Phi) is 10.6. The highest BCUT2D eigenvalue weighted by molar-refractivity contribution is 5.93. The Balaban J connectivity index is 2.47. The zero-order valence-corrected chi connectivity index (χ0v) is 23.0. The lowest BCUT2D eigenvalue weighted by Gasteiger charge is -2.39. The topological polar surface area (TPSA) is 108 Å². The average Bonchev–Trinajstić information content (AvgIpc) is 2.80. The Morgan fingerprint density at radius 2 is 1.69 bits per heavy atom. The van der Waals surface area contributed by atoms with E-state index in [9.17, 15) is 19.5 Å². The average molecular weight is 504 g/mol. The molecule has 0 saturated heterocycles. The van der Waals surface area contributed by atoms with Crippen molar-refractivity contribution in [2.24, 2.45) is 5.92 Å². The number of rotatable bonds is 9. The molecule has 2 rings (SSSR count). The van der Waals surface area contributed by atoms with Gasteiger partial charge in [0.05, 0.1) is 0 Å². The first-order valence-corrected chi connectivity index (χ1v) is 13.3.